The standard InChI is InChI=1S/C11H16N6OS/c1-5-8(19-7(3)13-5)6(2)14-10-15-9(12)16-11(17-10)18-4/h6H,1-4H3,(H3,12,14,15,16,17). The lowest BCUT2D eigenvalue weighted by Gasteiger charge is -2.13. The van der Waals surface area contributed by atoms with Gasteiger partial charge in [-0.15, -0.1) is 11.3 Å². The van der Waals surface area contributed by atoms with E-state index in [4.69, 9.17) is 10.5 Å². The third kappa shape index (κ3) is 3.08. The third-order valence-electron chi connectivity index (χ3n) is 2.49. The predicted molar refractivity (Wildman–Crippen MR) is 74.4 cm³/mol. The van der Waals surface area contributed by atoms with Crippen LogP contribution in [-0.2, 0) is 0 Å². The van der Waals surface area contributed by atoms with Gasteiger partial charge < -0.3 is 15.8 Å². The number of nitrogens with one attached hydrogen (secondary N) is 1. The molecule has 1 atom stereocenters. The predicted octanol–water partition coefficient (Wildman–Crippen LogP) is 1.71. The minimum absolute atomic E-state index is 0.0395. The normalized spacial score (nSPS) is 12.2. The van der Waals surface area contributed by atoms with Gasteiger partial charge in [-0.2, -0.15) is 15.0 Å². The van der Waals surface area contributed by atoms with E-state index < -0.39 is 0 Å². The van der Waals surface area contributed by atoms with Gasteiger partial charge in [0.25, 0.3) is 0 Å². The zero-order valence-electron chi connectivity index (χ0n) is 11.3. The van der Waals surface area contributed by atoms with Crippen LogP contribution in [0.2, 0.25) is 0 Å². The van der Waals surface area contributed by atoms with Gasteiger partial charge in [0.05, 0.1) is 23.9 Å². The van der Waals surface area contributed by atoms with Crippen LogP contribution in [0.5, 0.6) is 6.01 Å². The van der Waals surface area contributed by atoms with Crippen molar-refractivity contribution < 1.29 is 4.74 Å². The van der Waals surface area contributed by atoms with Gasteiger partial charge in [-0.25, -0.2) is 4.98 Å². The average molecular weight is 280 g/mol. The largest absolute Gasteiger partial charge is 0.467 e. The molecule has 3 N–H and O–H groups in total. The first-order chi connectivity index (χ1) is 8.99. The van der Waals surface area contributed by atoms with E-state index in [0.717, 1.165) is 15.6 Å². The van der Waals surface area contributed by atoms with Gasteiger partial charge in [-0.1, -0.05) is 0 Å². The summed E-state index contributed by atoms with van der Waals surface area (Å²) in [5.74, 6) is 0.515. The lowest BCUT2D eigenvalue weighted by atomic mass is 10.2. The molecule has 2 aromatic rings. The van der Waals surface area contributed by atoms with E-state index in [2.05, 4.69) is 25.3 Å². The summed E-state index contributed by atoms with van der Waals surface area (Å²) in [6.07, 6.45) is 0. The molecule has 0 amide bonds. The van der Waals surface area contributed by atoms with Gasteiger partial charge in [-0.05, 0) is 20.8 Å². The molecule has 2 rings (SSSR count). The maximum absolute atomic E-state index is 5.59. The number of hydrogen-bond acceptors (Lipinski definition) is 8. The average Bonchev–Trinajstić information content (AvgIpc) is 2.67. The molecular weight excluding hydrogens is 264 g/mol. The third-order valence-corrected chi connectivity index (χ3v) is 3.75. The van der Waals surface area contributed by atoms with E-state index >= 15 is 0 Å². The Labute approximate surface area is 115 Å². The fourth-order valence-electron chi connectivity index (χ4n) is 1.74. The Morgan fingerprint density at radius 2 is 1.95 bits per heavy atom. The zero-order chi connectivity index (χ0) is 14.0. The molecule has 0 aliphatic heterocycles. The molecule has 0 fully saturated rings. The first-order valence-corrected chi connectivity index (χ1v) is 6.57. The highest BCUT2D eigenvalue weighted by Crippen LogP contribution is 2.26. The molecule has 102 valence electrons. The van der Waals surface area contributed by atoms with Crippen LogP contribution in [-0.4, -0.2) is 27.0 Å². The highest BCUT2D eigenvalue weighted by atomic mass is 32.1. The van der Waals surface area contributed by atoms with Crippen LogP contribution < -0.4 is 15.8 Å². The number of nitrogens with zero attached hydrogens (tertiary/aromatic N) is 4. The van der Waals surface area contributed by atoms with Crippen molar-refractivity contribution in [3.63, 3.8) is 0 Å². The summed E-state index contributed by atoms with van der Waals surface area (Å²) < 4.78 is 4.96. The SMILES string of the molecule is COc1nc(N)nc(NC(C)c2sc(C)nc2C)n1. The highest BCUT2D eigenvalue weighted by Gasteiger charge is 2.15. The summed E-state index contributed by atoms with van der Waals surface area (Å²) in [6.45, 7) is 5.99. The van der Waals surface area contributed by atoms with Gasteiger partial charge in [0.15, 0.2) is 0 Å². The number of ether oxygens (including phenoxy) is 1. The van der Waals surface area contributed by atoms with Crippen molar-refractivity contribution in [3.05, 3.63) is 15.6 Å². The second kappa shape index (κ2) is 5.35. The molecule has 2 aromatic heterocycles. The molecule has 0 bridgehead atoms. The molecule has 8 heteroatoms. The second-order valence-electron chi connectivity index (χ2n) is 4.05. The van der Waals surface area contributed by atoms with Crippen molar-refractivity contribution in [3.8, 4) is 6.01 Å². The number of rotatable bonds is 4. The first kappa shape index (κ1) is 13.5. The topological polar surface area (TPSA) is 98.8 Å². The minimum Gasteiger partial charge on any atom is -0.467 e. The molecule has 0 aliphatic rings. The van der Waals surface area contributed by atoms with Gasteiger partial charge >= 0.3 is 6.01 Å². The molecule has 0 aliphatic carbocycles. The van der Waals surface area contributed by atoms with E-state index in [9.17, 15) is 0 Å². The maximum Gasteiger partial charge on any atom is 0.322 e. The van der Waals surface area contributed by atoms with Crippen LogP contribution in [0.1, 0.15) is 28.5 Å². The molecular formula is C11H16N6OS. The van der Waals surface area contributed by atoms with Crippen molar-refractivity contribution in [2.45, 2.75) is 26.8 Å². The Kier molecular flexibility index (Phi) is 3.79. The van der Waals surface area contributed by atoms with E-state index in [1.807, 2.05) is 20.8 Å². The molecule has 1 unspecified atom stereocenters. The molecule has 7 nitrogen and oxygen atoms in total. The summed E-state index contributed by atoms with van der Waals surface area (Å²) in [5.41, 5.74) is 6.60. The summed E-state index contributed by atoms with van der Waals surface area (Å²) in [6, 6.07) is 0.233. The first-order valence-electron chi connectivity index (χ1n) is 5.75. The van der Waals surface area contributed by atoms with Crippen LogP contribution in [0.15, 0.2) is 0 Å². The van der Waals surface area contributed by atoms with Crippen LogP contribution in [0.4, 0.5) is 11.9 Å². The number of methoxy groups -OCH3 is 1. The Morgan fingerprint density at radius 1 is 1.21 bits per heavy atom. The Bertz CT molecular complexity index is 585. The smallest absolute Gasteiger partial charge is 0.322 e. The molecule has 0 radical (unpaired) electrons. The molecule has 0 saturated carbocycles. The van der Waals surface area contributed by atoms with Crippen molar-refractivity contribution in [2.24, 2.45) is 0 Å². The summed E-state index contributed by atoms with van der Waals surface area (Å²) in [4.78, 5) is 17.5. The maximum atomic E-state index is 5.59. The number of thiazole rings is 1. The summed E-state index contributed by atoms with van der Waals surface area (Å²) in [5, 5.41) is 4.21. The van der Waals surface area contributed by atoms with Crippen LogP contribution in [0.3, 0.4) is 0 Å². The number of anilines is 2. The number of aromatic nitrogens is 4. The quantitative estimate of drug-likeness (QED) is 0.879. The Balaban J connectivity index is 2.21. The van der Waals surface area contributed by atoms with Gasteiger partial charge in [-0.3, -0.25) is 0 Å². The van der Waals surface area contributed by atoms with Gasteiger partial charge in [0.2, 0.25) is 11.9 Å². The van der Waals surface area contributed by atoms with Crippen LogP contribution in [0, 0.1) is 13.8 Å². The number of nitrogen functional groups attached to an aromatic ring is 1. The molecule has 0 saturated heterocycles. The zero-order valence-corrected chi connectivity index (χ0v) is 12.1. The van der Waals surface area contributed by atoms with Crippen molar-refractivity contribution in [1.29, 1.82) is 0 Å². The number of aryl methyl sites for hydroxylation is 2. The fraction of sp³-hybridized carbons (Fsp3) is 0.455. The number of hydrogen-bond donors (Lipinski definition) is 2. The summed E-state index contributed by atoms with van der Waals surface area (Å²) >= 11 is 1.65. The molecule has 19 heavy (non-hydrogen) atoms. The van der Waals surface area contributed by atoms with E-state index in [1.165, 1.54) is 7.11 Å². The highest BCUT2D eigenvalue weighted by molar-refractivity contribution is 7.11. The lowest BCUT2D eigenvalue weighted by molar-refractivity contribution is 0.379. The minimum atomic E-state index is 0.0395. The van der Waals surface area contributed by atoms with Crippen molar-refractivity contribution in [2.75, 3.05) is 18.2 Å². The Hall–Kier alpha value is -1.96. The van der Waals surface area contributed by atoms with E-state index in [0.29, 0.717) is 5.95 Å². The van der Waals surface area contributed by atoms with Gasteiger partial charge in [0.1, 0.15) is 0 Å². The lowest BCUT2D eigenvalue weighted by Crippen LogP contribution is -2.11. The van der Waals surface area contributed by atoms with E-state index in [-0.39, 0.29) is 18.0 Å². The van der Waals surface area contributed by atoms with E-state index in [1.54, 1.807) is 11.3 Å². The number of nitrogens with two attached hydrogens (primary N) is 1. The monoisotopic (exact) mass is 280 g/mol. The van der Waals surface area contributed by atoms with Crippen molar-refractivity contribution >= 4 is 23.2 Å². The molecule has 0 aromatic carbocycles. The summed E-state index contributed by atoms with van der Waals surface area (Å²) in [7, 11) is 1.48. The molecule has 0 spiro atoms. The second-order valence-corrected chi connectivity index (χ2v) is 5.29. The van der Waals surface area contributed by atoms with Crippen LogP contribution >= 0.6 is 11.3 Å². The van der Waals surface area contributed by atoms with Crippen molar-refractivity contribution in [1.82, 2.24) is 19.9 Å². The van der Waals surface area contributed by atoms with Gasteiger partial charge in [0, 0.05) is 4.88 Å². The molecule has 2 heterocycles. The fourth-order valence-corrected chi connectivity index (χ4v) is 2.67. The Morgan fingerprint density at radius 3 is 2.53 bits per heavy atom. The van der Waals surface area contributed by atoms with Crippen LogP contribution in [0.25, 0.3) is 0 Å².